The molecule has 3 rings (SSSR count). The molecule has 0 bridgehead atoms. The molecule has 3 heterocycles. The Kier molecular flexibility index (Phi) is 5.15. The minimum Gasteiger partial charge on any atom is -0.310 e. The van der Waals surface area contributed by atoms with Crippen LogP contribution in [0.5, 0.6) is 0 Å². The van der Waals surface area contributed by atoms with E-state index in [0.717, 1.165) is 21.7 Å². The summed E-state index contributed by atoms with van der Waals surface area (Å²) in [6.45, 7) is 6.17. The van der Waals surface area contributed by atoms with E-state index in [4.69, 9.17) is 0 Å². The fraction of sp³-hybridized carbons (Fsp3) is 0.375. The predicted octanol–water partition coefficient (Wildman–Crippen LogP) is 3.76. The number of thioether (sulfide) groups is 1. The Morgan fingerprint density at radius 2 is 2.25 bits per heavy atom. The molecule has 0 atom stereocenters. The Morgan fingerprint density at radius 3 is 3.00 bits per heavy atom. The van der Waals surface area contributed by atoms with Gasteiger partial charge in [0.1, 0.15) is 22.0 Å². The smallest absolute Gasteiger partial charge is 0.235 e. The Morgan fingerprint density at radius 1 is 1.42 bits per heavy atom. The first-order valence-electron chi connectivity index (χ1n) is 7.78. The lowest BCUT2D eigenvalue weighted by atomic mass is 10.3. The quantitative estimate of drug-likeness (QED) is 0.534. The van der Waals surface area contributed by atoms with Crippen molar-refractivity contribution >= 4 is 45.0 Å². The van der Waals surface area contributed by atoms with Gasteiger partial charge in [-0.15, -0.1) is 11.3 Å². The number of aryl methyl sites for hydroxylation is 1. The number of thiophene rings is 1. The lowest BCUT2D eigenvalue weighted by molar-refractivity contribution is -0.113. The average Bonchev–Trinajstić information content (AvgIpc) is 3.19. The highest BCUT2D eigenvalue weighted by Crippen LogP contribution is 2.31. The number of nitrogens with zero attached hydrogens (tertiary/aromatic N) is 4. The number of anilines is 1. The van der Waals surface area contributed by atoms with Gasteiger partial charge in [-0.2, -0.15) is 5.10 Å². The van der Waals surface area contributed by atoms with Crippen molar-refractivity contribution in [3.05, 3.63) is 29.5 Å². The number of carbonyl (C=O) groups is 1. The summed E-state index contributed by atoms with van der Waals surface area (Å²) >= 11 is 3.11. The second-order valence-corrected chi connectivity index (χ2v) is 7.63. The van der Waals surface area contributed by atoms with Crippen molar-refractivity contribution in [2.24, 2.45) is 0 Å². The molecule has 24 heavy (non-hydrogen) atoms. The number of rotatable bonds is 6. The number of hydrogen-bond donors (Lipinski definition) is 1. The number of amides is 1. The van der Waals surface area contributed by atoms with Gasteiger partial charge in [0.2, 0.25) is 5.91 Å². The van der Waals surface area contributed by atoms with E-state index in [1.165, 1.54) is 16.6 Å². The number of nitrogens with one attached hydrogen (secondary N) is 1. The SMILES string of the molecule is CCc1cc2c(SCC(=O)Nc3ccnn3C(C)C)ncnc2s1. The zero-order chi connectivity index (χ0) is 17.1. The van der Waals surface area contributed by atoms with E-state index in [-0.39, 0.29) is 11.9 Å². The zero-order valence-corrected chi connectivity index (χ0v) is 15.4. The largest absolute Gasteiger partial charge is 0.310 e. The summed E-state index contributed by atoms with van der Waals surface area (Å²) < 4.78 is 1.79. The topological polar surface area (TPSA) is 72.7 Å². The summed E-state index contributed by atoms with van der Waals surface area (Å²) in [4.78, 5) is 23.1. The van der Waals surface area contributed by atoms with Crippen LogP contribution in [0.3, 0.4) is 0 Å². The van der Waals surface area contributed by atoms with Crippen LogP contribution in [0.2, 0.25) is 0 Å². The van der Waals surface area contributed by atoms with Gasteiger partial charge in [-0.05, 0) is 26.3 Å². The van der Waals surface area contributed by atoms with E-state index in [0.29, 0.717) is 11.6 Å². The number of aromatic nitrogens is 4. The van der Waals surface area contributed by atoms with Crippen LogP contribution in [-0.4, -0.2) is 31.4 Å². The van der Waals surface area contributed by atoms with Gasteiger partial charge in [0.05, 0.1) is 11.9 Å². The van der Waals surface area contributed by atoms with Gasteiger partial charge in [0.15, 0.2) is 0 Å². The van der Waals surface area contributed by atoms with Gasteiger partial charge in [-0.3, -0.25) is 4.79 Å². The normalized spacial score (nSPS) is 11.3. The predicted molar refractivity (Wildman–Crippen MR) is 98.8 cm³/mol. The lowest BCUT2D eigenvalue weighted by Gasteiger charge is -2.11. The molecule has 3 aromatic heterocycles. The summed E-state index contributed by atoms with van der Waals surface area (Å²) in [5, 5.41) is 9.00. The molecule has 126 valence electrons. The van der Waals surface area contributed by atoms with Gasteiger partial charge < -0.3 is 5.32 Å². The van der Waals surface area contributed by atoms with Crippen LogP contribution in [0, 0.1) is 0 Å². The Balaban J connectivity index is 1.68. The fourth-order valence-corrected chi connectivity index (χ4v) is 4.08. The van der Waals surface area contributed by atoms with Gasteiger partial charge in [0.25, 0.3) is 0 Å². The summed E-state index contributed by atoms with van der Waals surface area (Å²) in [6, 6.07) is 4.12. The molecule has 0 fully saturated rings. The Bertz CT molecular complexity index is 855. The molecule has 0 saturated carbocycles. The number of carbonyl (C=O) groups excluding carboxylic acids is 1. The lowest BCUT2D eigenvalue weighted by Crippen LogP contribution is -2.18. The molecule has 3 aromatic rings. The van der Waals surface area contributed by atoms with E-state index in [1.807, 2.05) is 13.8 Å². The maximum absolute atomic E-state index is 12.2. The summed E-state index contributed by atoms with van der Waals surface area (Å²) in [7, 11) is 0. The second kappa shape index (κ2) is 7.31. The first-order chi connectivity index (χ1) is 11.6. The van der Waals surface area contributed by atoms with Crippen molar-refractivity contribution in [3.8, 4) is 0 Å². The highest BCUT2D eigenvalue weighted by Gasteiger charge is 2.13. The van der Waals surface area contributed by atoms with E-state index in [2.05, 4.69) is 33.4 Å². The van der Waals surface area contributed by atoms with Crippen molar-refractivity contribution in [3.63, 3.8) is 0 Å². The van der Waals surface area contributed by atoms with E-state index in [9.17, 15) is 4.79 Å². The van der Waals surface area contributed by atoms with Crippen LogP contribution in [0.15, 0.2) is 29.7 Å². The minimum absolute atomic E-state index is 0.0693. The number of hydrogen-bond acceptors (Lipinski definition) is 6. The van der Waals surface area contributed by atoms with Crippen LogP contribution < -0.4 is 5.32 Å². The van der Waals surface area contributed by atoms with Crippen LogP contribution in [0.25, 0.3) is 10.2 Å². The molecule has 0 radical (unpaired) electrons. The van der Waals surface area contributed by atoms with Crippen molar-refractivity contribution < 1.29 is 4.79 Å². The Labute approximate surface area is 148 Å². The Hall–Kier alpha value is -1.93. The third kappa shape index (κ3) is 3.59. The van der Waals surface area contributed by atoms with Gasteiger partial charge in [-0.1, -0.05) is 18.7 Å². The van der Waals surface area contributed by atoms with Gasteiger partial charge in [-0.25, -0.2) is 14.6 Å². The second-order valence-electron chi connectivity index (χ2n) is 5.56. The molecule has 0 unspecified atom stereocenters. The third-order valence-corrected chi connectivity index (χ3v) is 5.65. The van der Waals surface area contributed by atoms with Crippen molar-refractivity contribution in [2.45, 2.75) is 38.3 Å². The maximum Gasteiger partial charge on any atom is 0.235 e. The number of fused-ring (bicyclic) bond motifs is 1. The molecule has 0 spiro atoms. The minimum atomic E-state index is -0.0693. The van der Waals surface area contributed by atoms with Gasteiger partial charge in [0, 0.05) is 22.4 Å². The fourth-order valence-electron chi connectivity index (χ4n) is 2.31. The van der Waals surface area contributed by atoms with E-state index < -0.39 is 0 Å². The summed E-state index contributed by atoms with van der Waals surface area (Å²) in [5.41, 5.74) is 0. The van der Waals surface area contributed by atoms with Crippen LogP contribution in [-0.2, 0) is 11.2 Å². The molecule has 6 nitrogen and oxygen atoms in total. The standard InChI is InChI=1S/C16H19N5OS2/c1-4-11-7-12-15(17-9-18-16(12)24-11)23-8-14(22)20-13-5-6-19-21(13)10(2)3/h5-7,9-10H,4,8H2,1-3H3,(H,20,22). The molecule has 0 aliphatic carbocycles. The molecular formula is C16H19N5OS2. The monoisotopic (exact) mass is 361 g/mol. The molecule has 1 N–H and O–H groups in total. The van der Waals surface area contributed by atoms with Crippen LogP contribution in [0.1, 0.15) is 31.7 Å². The molecule has 1 amide bonds. The summed E-state index contributed by atoms with van der Waals surface area (Å²) in [5.74, 6) is 0.944. The van der Waals surface area contributed by atoms with Gasteiger partial charge >= 0.3 is 0 Å². The third-order valence-electron chi connectivity index (χ3n) is 3.46. The molecule has 0 saturated heterocycles. The van der Waals surface area contributed by atoms with Crippen molar-refractivity contribution in [1.82, 2.24) is 19.7 Å². The van der Waals surface area contributed by atoms with Crippen LogP contribution >= 0.6 is 23.1 Å². The molecular weight excluding hydrogens is 342 g/mol. The molecule has 8 heteroatoms. The highest BCUT2D eigenvalue weighted by atomic mass is 32.2. The molecule has 0 aromatic carbocycles. The van der Waals surface area contributed by atoms with Crippen molar-refractivity contribution in [2.75, 3.05) is 11.1 Å². The first-order valence-corrected chi connectivity index (χ1v) is 9.58. The van der Waals surface area contributed by atoms with E-state index in [1.54, 1.807) is 34.6 Å². The first kappa shape index (κ1) is 16.9. The van der Waals surface area contributed by atoms with Crippen molar-refractivity contribution in [1.29, 1.82) is 0 Å². The van der Waals surface area contributed by atoms with E-state index >= 15 is 0 Å². The highest BCUT2D eigenvalue weighted by molar-refractivity contribution is 8.00. The molecule has 0 aliphatic rings. The molecule has 0 aliphatic heterocycles. The zero-order valence-electron chi connectivity index (χ0n) is 13.8. The maximum atomic E-state index is 12.2. The average molecular weight is 361 g/mol. The summed E-state index contributed by atoms with van der Waals surface area (Å²) in [6.07, 6.45) is 4.23. The van der Waals surface area contributed by atoms with Crippen LogP contribution in [0.4, 0.5) is 5.82 Å².